The maximum absolute atomic E-state index is 12.1. The number of hydrogen-bond acceptors (Lipinski definition) is 3. The molecule has 4 heteroatoms. The van der Waals surface area contributed by atoms with E-state index in [0.29, 0.717) is 13.0 Å². The Labute approximate surface area is 114 Å². The molecule has 1 amide bonds. The van der Waals surface area contributed by atoms with Gasteiger partial charge in [0.05, 0.1) is 12.1 Å². The largest absolute Gasteiger partial charge is 0.331 e. The number of nitrogens with zero attached hydrogens (tertiary/aromatic N) is 1. The van der Waals surface area contributed by atoms with Crippen molar-refractivity contribution in [3.8, 4) is 0 Å². The molecule has 1 aromatic rings. The van der Waals surface area contributed by atoms with Gasteiger partial charge in [-0.2, -0.15) is 0 Å². The van der Waals surface area contributed by atoms with Crippen molar-refractivity contribution in [3.63, 3.8) is 0 Å². The highest BCUT2D eigenvalue weighted by atomic mass is 16.2. The quantitative estimate of drug-likeness (QED) is 0.755. The minimum atomic E-state index is -0.579. The van der Waals surface area contributed by atoms with E-state index in [2.05, 4.69) is 0 Å². The van der Waals surface area contributed by atoms with Crippen LogP contribution in [0.15, 0.2) is 30.3 Å². The van der Waals surface area contributed by atoms with Gasteiger partial charge in [0, 0.05) is 6.54 Å². The molecule has 0 aromatic heterocycles. The van der Waals surface area contributed by atoms with Gasteiger partial charge in [0.25, 0.3) is 0 Å². The number of amides is 1. The smallest absolute Gasteiger partial charge is 0.239 e. The molecule has 0 fully saturated rings. The summed E-state index contributed by atoms with van der Waals surface area (Å²) in [6, 6.07) is 8.67. The van der Waals surface area contributed by atoms with E-state index in [1.807, 2.05) is 37.3 Å². The van der Waals surface area contributed by atoms with Crippen LogP contribution >= 0.6 is 0 Å². The van der Waals surface area contributed by atoms with Gasteiger partial charge in [-0.1, -0.05) is 37.3 Å². The van der Waals surface area contributed by atoms with Crippen LogP contribution in [-0.4, -0.2) is 35.7 Å². The van der Waals surface area contributed by atoms with E-state index < -0.39 is 12.1 Å². The number of aldehydes is 1. The van der Waals surface area contributed by atoms with Crippen molar-refractivity contribution in [1.82, 2.24) is 4.90 Å². The highest BCUT2D eigenvalue weighted by Gasteiger charge is 2.24. The Morgan fingerprint density at radius 1 is 1.37 bits per heavy atom. The third-order valence-corrected chi connectivity index (χ3v) is 2.98. The first-order valence-electron chi connectivity index (χ1n) is 6.65. The molecule has 104 valence electrons. The molecule has 1 rings (SSSR count). The van der Waals surface area contributed by atoms with Crippen molar-refractivity contribution < 1.29 is 9.59 Å². The molecular formula is C15H22N2O2. The summed E-state index contributed by atoms with van der Waals surface area (Å²) in [7, 11) is 0. The van der Waals surface area contributed by atoms with Crippen molar-refractivity contribution in [2.24, 2.45) is 5.73 Å². The molecule has 19 heavy (non-hydrogen) atoms. The van der Waals surface area contributed by atoms with Gasteiger partial charge in [0.2, 0.25) is 5.91 Å². The molecule has 0 saturated carbocycles. The van der Waals surface area contributed by atoms with Crippen molar-refractivity contribution >= 4 is 12.2 Å². The SMILES string of the molecule is CCCN(C(=O)C(C)N)C(C=O)Cc1ccccc1. The van der Waals surface area contributed by atoms with Crippen molar-refractivity contribution in [2.45, 2.75) is 38.8 Å². The van der Waals surface area contributed by atoms with E-state index in [1.54, 1.807) is 11.8 Å². The summed E-state index contributed by atoms with van der Waals surface area (Å²) in [4.78, 5) is 25.0. The second-order valence-corrected chi connectivity index (χ2v) is 4.71. The fourth-order valence-corrected chi connectivity index (χ4v) is 2.03. The van der Waals surface area contributed by atoms with E-state index in [4.69, 9.17) is 5.73 Å². The third kappa shape index (κ3) is 4.48. The van der Waals surface area contributed by atoms with E-state index in [1.165, 1.54) is 0 Å². The highest BCUT2D eigenvalue weighted by Crippen LogP contribution is 2.09. The van der Waals surface area contributed by atoms with Crippen LogP contribution in [0.5, 0.6) is 0 Å². The van der Waals surface area contributed by atoms with Gasteiger partial charge >= 0.3 is 0 Å². The van der Waals surface area contributed by atoms with E-state index >= 15 is 0 Å². The van der Waals surface area contributed by atoms with Crippen LogP contribution in [-0.2, 0) is 16.0 Å². The minimum absolute atomic E-state index is 0.171. The normalized spacial score (nSPS) is 13.6. The molecular weight excluding hydrogens is 240 g/mol. The van der Waals surface area contributed by atoms with Gasteiger partial charge in [-0.15, -0.1) is 0 Å². The molecule has 2 atom stereocenters. The number of benzene rings is 1. The summed E-state index contributed by atoms with van der Waals surface area (Å²) < 4.78 is 0. The Bertz CT molecular complexity index is 404. The van der Waals surface area contributed by atoms with Crippen LogP contribution < -0.4 is 5.73 Å². The average molecular weight is 262 g/mol. The monoisotopic (exact) mass is 262 g/mol. The Morgan fingerprint density at radius 2 is 2.00 bits per heavy atom. The molecule has 0 spiro atoms. The second kappa shape index (κ2) is 7.69. The lowest BCUT2D eigenvalue weighted by molar-refractivity contribution is -0.137. The maximum atomic E-state index is 12.1. The van der Waals surface area contributed by atoms with Crippen LogP contribution in [0, 0.1) is 0 Å². The number of hydrogen-bond donors (Lipinski definition) is 1. The standard InChI is InChI=1S/C15H22N2O2/c1-3-9-17(15(19)12(2)16)14(11-18)10-13-7-5-4-6-8-13/h4-8,11-12,14H,3,9-10,16H2,1-2H3. The number of carbonyl (C=O) groups is 2. The van der Waals surface area contributed by atoms with Gasteiger partial charge in [0.15, 0.2) is 0 Å². The van der Waals surface area contributed by atoms with Crippen LogP contribution in [0.2, 0.25) is 0 Å². The molecule has 0 radical (unpaired) electrons. The van der Waals surface area contributed by atoms with Gasteiger partial charge in [0.1, 0.15) is 6.29 Å². The molecule has 0 bridgehead atoms. The third-order valence-electron chi connectivity index (χ3n) is 2.98. The Kier molecular flexibility index (Phi) is 6.22. The van der Waals surface area contributed by atoms with Gasteiger partial charge in [-0.25, -0.2) is 0 Å². The van der Waals surface area contributed by atoms with Crippen molar-refractivity contribution in [1.29, 1.82) is 0 Å². The van der Waals surface area contributed by atoms with Gasteiger partial charge in [-0.05, 0) is 25.3 Å². The fraction of sp³-hybridized carbons (Fsp3) is 0.467. The summed E-state index contributed by atoms with van der Waals surface area (Å²) in [5, 5.41) is 0. The zero-order chi connectivity index (χ0) is 14.3. The lowest BCUT2D eigenvalue weighted by atomic mass is 10.0. The van der Waals surface area contributed by atoms with Crippen molar-refractivity contribution in [2.75, 3.05) is 6.54 Å². The zero-order valence-electron chi connectivity index (χ0n) is 11.6. The lowest BCUT2D eigenvalue weighted by Gasteiger charge is -2.29. The first-order valence-corrected chi connectivity index (χ1v) is 6.65. The lowest BCUT2D eigenvalue weighted by Crippen LogP contribution is -2.49. The highest BCUT2D eigenvalue weighted by molar-refractivity contribution is 5.84. The van der Waals surface area contributed by atoms with Crippen molar-refractivity contribution in [3.05, 3.63) is 35.9 Å². The molecule has 2 N–H and O–H groups in total. The Hall–Kier alpha value is -1.68. The van der Waals surface area contributed by atoms with Crippen LogP contribution in [0.4, 0.5) is 0 Å². The Balaban J connectivity index is 2.84. The van der Waals surface area contributed by atoms with Crippen LogP contribution in [0.1, 0.15) is 25.8 Å². The summed E-state index contributed by atoms with van der Waals surface area (Å²) in [5.41, 5.74) is 6.69. The summed E-state index contributed by atoms with van der Waals surface area (Å²) >= 11 is 0. The number of rotatable bonds is 7. The minimum Gasteiger partial charge on any atom is -0.331 e. The van der Waals surface area contributed by atoms with Gasteiger partial charge in [-0.3, -0.25) is 4.79 Å². The van der Waals surface area contributed by atoms with Crippen LogP contribution in [0.25, 0.3) is 0 Å². The van der Waals surface area contributed by atoms with E-state index in [-0.39, 0.29) is 5.91 Å². The maximum Gasteiger partial charge on any atom is 0.239 e. The van der Waals surface area contributed by atoms with Crippen LogP contribution in [0.3, 0.4) is 0 Å². The number of carbonyl (C=O) groups excluding carboxylic acids is 2. The summed E-state index contributed by atoms with van der Waals surface area (Å²) in [5.74, 6) is -0.171. The Morgan fingerprint density at radius 3 is 2.47 bits per heavy atom. The average Bonchev–Trinajstić information content (AvgIpc) is 2.43. The molecule has 4 nitrogen and oxygen atoms in total. The first-order chi connectivity index (χ1) is 9.10. The molecule has 0 aliphatic rings. The molecule has 0 saturated heterocycles. The molecule has 1 aromatic carbocycles. The number of nitrogens with two attached hydrogens (primary N) is 1. The zero-order valence-corrected chi connectivity index (χ0v) is 11.6. The molecule has 0 aliphatic carbocycles. The molecule has 2 unspecified atom stereocenters. The molecule has 0 heterocycles. The summed E-state index contributed by atoms with van der Waals surface area (Å²) in [6.45, 7) is 4.18. The topological polar surface area (TPSA) is 63.4 Å². The predicted molar refractivity (Wildman–Crippen MR) is 75.7 cm³/mol. The summed E-state index contributed by atoms with van der Waals surface area (Å²) in [6.07, 6.45) is 2.17. The second-order valence-electron chi connectivity index (χ2n) is 4.71. The van der Waals surface area contributed by atoms with E-state index in [9.17, 15) is 9.59 Å². The predicted octanol–water partition coefficient (Wildman–Crippen LogP) is 1.38. The molecule has 0 aliphatic heterocycles. The van der Waals surface area contributed by atoms with E-state index in [0.717, 1.165) is 18.3 Å². The van der Waals surface area contributed by atoms with Gasteiger partial charge < -0.3 is 15.4 Å². The fourth-order valence-electron chi connectivity index (χ4n) is 2.03. The first kappa shape index (κ1) is 15.4.